The number of benzene rings is 1. The molecule has 4 bridgehead atoms. The summed E-state index contributed by atoms with van der Waals surface area (Å²) in [6.07, 6.45) is 7.20. The molecular weight excluding hydrogens is 368 g/mol. The van der Waals surface area contributed by atoms with E-state index in [0.717, 1.165) is 63.2 Å². The smallest absolute Gasteiger partial charge is 0.293 e. The molecule has 7 nitrogen and oxygen atoms in total. The Morgan fingerprint density at radius 3 is 2.28 bits per heavy atom. The standard InChI is InChI=1S/C22H30N4O3/c1-24-4-6-25(7-5-24)19-3-2-18(11-20(19)26(28)29)21(27)23-22-12-15-8-16(13-22)10-17(9-15)14-22/h2-3,11,15-17H,4-10,12-14H2,1H3,(H,23,27)/p+1. The van der Waals surface area contributed by atoms with Crippen molar-refractivity contribution in [3.05, 3.63) is 33.9 Å². The molecule has 5 fully saturated rings. The minimum absolute atomic E-state index is 0.0442. The van der Waals surface area contributed by atoms with Crippen LogP contribution in [0.5, 0.6) is 0 Å². The number of quaternary nitrogens is 1. The van der Waals surface area contributed by atoms with E-state index in [9.17, 15) is 14.9 Å². The number of rotatable bonds is 4. The molecule has 4 aliphatic carbocycles. The highest BCUT2D eigenvalue weighted by atomic mass is 16.6. The van der Waals surface area contributed by atoms with Crippen LogP contribution in [-0.4, -0.2) is 49.6 Å². The average molecular weight is 400 g/mol. The Hall–Kier alpha value is -2.15. The van der Waals surface area contributed by atoms with Gasteiger partial charge in [-0.15, -0.1) is 0 Å². The first-order chi connectivity index (χ1) is 13.9. The number of carbonyl (C=O) groups excluding carboxylic acids is 1. The number of amides is 1. The predicted octanol–water partition coefficient (Wildman–Crippen LogP) is 1.63. The number of piperazine rings is 1. The van der Waals surface area contributed by atoms with Crippen molar-refractivity contribution in [3.8, 4) is 0 Å². The van der Waals surface area contributed by atoms with Crippen molar-refractivity contribution in [2.45, 2.75) is 44.1 Å². The molecule has 7 heteroatoms. The van der Waals surface area contributed by atoms with Crippen molar-refractivity contribution in [1.82, 2.24) is 5.32 Å². The Morgan fingerprint density at radius 1 is 1.14 bits per heavy atom. The second-order valence-corrected chi connectivity index (χ2v) is 10.1. The lowest BCUT2D eigenvalue weighted by molar-refractivity contribution is -0.880. The fourth-order valence-electron chi connectivity index (χ4n) is 6.78. The van der Waals surface area contributed by atoms with E-state index in [1.807, 2.05) is 0 Å². The highest BCUT2D eigenvalue weighted by molar-refractivity contribution is 5.96. The first-order valence-electron chi connectivity index (χ1n) is 11.1. The lowest BCUT2D eigenvalue weighted by atomic mass is 9.53. The molecule has 6 rings (SSSR count). The number of nitro benzene ring substituents is 1. The number of nitro groups is 1. The number of anilines is 1. The van der Waals surface area contributed by atoms with Crippen LogP contribution in [-0.2, 0) is 0 Å². The van der Waals surface area contributed by atoms with E-state index in [2.05, 4.69) is 17.3 Å². The Balaban J connectivity index is 1.36. The van der Waals surface area contributed by atoms with Crippen LogP contribution in [0.4, 0.5) is 11.4 Å². The number of nitrogens with one attached hydrogen (secondary N) is 2. The molecule has 4 saturated carbocycles. The van der Waals surface area contributed by atoms with Crippen molar-refractivity contribution in [2.75, 3.05) is 38.1 Å². The van der Waals surface area contributed by atoms with Gasteiger partial charge in [-0.1, -0.05) is 0 Å². The minimum atomic E-state index is -0.345. The number of hydrogen-bond donors (Lipinski definition) is 2. The van der Waals surface area contributed by atoms with Gasteiger partial charge in [0.25, 0.3) is 11.6 Å². The Kier molecular flexibility index (Phi) is 4.53. The van der Waals surface area contributed by atoms with Gasteiger partial charge in [-0.05, 0) is 68.4 Å². The van der Waals surface area contributed by atoms with E-state index >= 15 is 0 Å². The molecule has 0 spiro atoms. The fourth-order valence-corrected chi connectivity index (χ4v) is 6.78. The lowest BCUT2D eigenvalue weighted by Gasteiger charge is -2.56. The molecule has 1 aliphatic heterocycles. The summed E-state index contributed by atoms with van der Waals surface area (Å²) < 4.78 is 0. The van der Waals surface area contributed by atoms with Gasteiger partial charge >= 0.3 is 0 Å². The van der Waals surface area contributed by atoms with Crippen LogP contribution in [0, 0.1) is 27.9 Å². The van der Waals surface area contributed by atoms with E-state index in [1.165, 1.54) is 30.2 Å². The van der Waals surface area contributed by atoms with E-state index in [0.29, 0.717) is 11.3 Å². The van der Waals surface area contributed by atoms with Crippen LogP contribution in [0.2, 0.25) is 0 Å². The van der Waals surface area contributed by atoms with Gasteiger partial charge in [-0.25, -0.2) is 0 Å². The molecule has 29 heavy (non-hydrogen) atoms. The molecule has 1 saturated heterocycles. The molecule has 1 aromatic carbocycles. The van der Waals surface area contributed by atoms with Crippen molar-refractivity contribution < 1.29 is 14.6 Å². The number of carbonyl (C=O) groups is 1. The van der Waals surface area contributed by atoms with Crippen LogP contribution in [0.1, 0.15) is 48.9 Å². The Morgan fingerprint density at radius 2 is 1.72 bits per heavy atom. The first kappa shape index (κ1) is 18.9. The third-order valence-electron chi connectivity index (χ3n) is 7.81. The minimum Gasteiger partial charge on any atom is -0.355 e. The van der Waals surface area contributed by atoms with Gasteiger partial charge in [0.2, 0.25) is 0 Å². The third kappa shape index (κ3) is 3.50. The fraction of sp³-hybridized carbons (Fsp3) is 0.682. The summed E-state index contributed by atoms with van der Waals surface area (Å²) in [4.78, 5) is 28.0. The quantitative estimate of drug-likeness (QED) is 0.596. The van der Waals surface area contributed by atoms with Gasteiger partial charge in [0.15, 0.2) is 0 Å². The summed E-state index contributed by atoms with van der Waals surface area (Å²) in [7, 11) is 2.14. The maximum absolute atomic E-state index is 13.1. The predicted molar refractivity (Wildman–Crippen MR) is 110 cm³/mol. The number of nitrogens with zero attached hydrogens (tertiary/aromatic N) is 2. The van der Waals surface area contributed by atoms with Crippen LogP contribution in [0.3, 0.4) is 0 Å². The molecule has 0 unspecified atom stereocenters. The Bertz CT molecular complexity index is 796. The monoisotopic (exact) mass is 399 g/mol. The van der Waals surface area contributed by atoms with Crippen molar-refractivity contribution in [3.63, 3.8) is 0 Å². The molecule has 5 aliphatic rings. The maximum Gasteiger partial charge on any atom is 0.293 e. The van der Waals surface area contributed by atoms with E-state index in [4.69, 9.17) is 0 Å². The summed E-state index contributed by atoms with van der Waals surface area (Å²) in [6, 6.07) is 5.02. The van der Waals surface area contributed by atoms with Gasteiger partial charge in [0, 0.05) is 17.2 Å². The van der Waals surface area contributed by atoms with Crippen LogP contribution in [0.25, 0.3) is 0 Å². The maximum atomic E-state index is 13.1. The Labute approximate surface area is 171 Å². The molecule has 1 amide bonds. The van der Waals surface area contributed by atoms with Crippen LogP contribution >= 0.6 is 0 Å². The summed E-state index contributed by atoms with van der Waals surface area (Å²) in [5.74, 6) is 2.09. The molecule has 2 N–H and O–H groups in total. The second kappa shape index (κ2) is 6.97. The molecule has 156 valence electrons. The van der Waals surface area contributed by atoms with Crippen molar-refractivity contribution >= 4 is 17.3 Å². The summed E-state index contributed by atoms with van der Waals surface area (Å²) in [5.41, 5.74) is 1.01. The third-order valence-corrected chi connectivity index (χ3v) is 7.81. The SMILES string of the molecule is C[NH+]1CCN(c2ccc(C(=O)NC34CC5CC(CC(C5)C3)C4)cc2[N+](=O)[O-])CC1. The summed E-state index contributed by atoms with van der Waals surface area (Å²) >= 11 is 0. The highest BCUT2D eigenvalue weighted by Gasteiger charge is 2.51. The normalized spacial score (nSPS) is 33.7. The molecule has 1 aromatic rings. The average Bonchev–Trinajstić information content (AvgIpc) is 2.66. The topological polar surface area (TPSA) is 79.9 Å². The van der Waals surface area contributed by atoms with Gasteiger partial charge in [0.05, 0.1) is 38.2 Å². The molecular formula is C22H31N4O3+. The molecule has 0 aromatic heterocycles. The lowest BCUT2D eigenvalue weighted by Crippen LogP contribution is -3.12. The van der Waals surface area contributed by atoms with E-state index < -0.39 is 0 Å². The van der Waals surface area contributed by atoms with Crippen molar-refractivity contribution in [1.29, 1.82) is 0 Å². The molecule has 1 heterocycles. The zero-order valence-electron chi connectivity index (χ0n) is 17.2. The van der Waals surface area contributed by atoms with Gasteiger partial charge in [-0.3, -0.25) is 14.9 Å². The largest absolute Gasteiger partial charge is 0.355 e. The van der Waals surface area contributed by atoms with Gasteiger partial charge in [0.1, 0.15) is 5.69 Å². The number of likely N-dealkylation sites (N-methyl/N-ethyl adjacent to an activating group) is 1. The highest BCUT2D eigenvalue weighted by Crippen LogP contribution is 2.55. The van der Waals surface area contributed by atoms with E-state index in [-0.39, 0.29) is 22.1 Å². The number of hydrogen-bond acceptors (Lipinski definition) is 4. The first-order valence-corrected chi connectivity index (χ1v) is 11.1. The van der Waals surface area contributed by atoms with E-state index in [1.54, 1.807) is 12.1 Å². The van der Waals surface area contributed by atoms with Crippen molar-refractivity contribution in [2.24, 2.45) is 17.8 Å². The van der Waals surface area contributed by atoms with Gasteiger partial charge < -0.3 is 15.1 Å². The summed E-state index contributed by atoms with van der Waals surface area (Å²) in [5, 5.41) is 15.1. The van der Waals surface area contributed by atoms with Crippen LogP contribution < -0.4 is 15.1 Å². The van der Waals surface area contributed by atoms with Gasteiger partial charge in [-0.2, -0.15) is 0 Å². The summed E-state index contributed by atoms with van der Waals surface area (Å²) in [6.45, 7) is 3.52. The zero-order valence-corrected chi connectivity index (χ0v) is 17.2. The zero-order chi connectivity index (χ0) is 20.2. The molecule has 0 atom stereocenters. The molecule has 0 radical (unpaired) electrons. The second-order valence-electron chi connectivity index (χ2n) is 10.1. The van der Waals surface area contributed by atoms with Crippen LogP contribution in [0.15, 0.2) is 18.2 Å².